The summed E-state index contributed by atoms with van der Waals surface area (Å²) < 4.78 is 0. The summed E-state index contributed by atoms with van der Waals surface area (Å²) >= 11 is 0. The normalized spacial score (nSPS) is 12.7. The van der Waals surface area contributed by atoms with Crippen LogP contribution in [0, 0.1) is 5.92 Å². The quantitative estimate of drug-likeness (QED) is 0.0814. The summed E-state index contributed by atoms with van der Waals surface area (Å²) in [6.07, 6.45) is 31.1. The van der Waals surface area contributed by atoms with Gasteiger partial charge >= 0.3 is 11.9 Å². The van der Waals surface area contributed by atoms with Gasteiger partial charge in [0.05, 0.1) is 0 Å². The van der Waals surface area contributed by atoms with Gasteiger partial charge in [0.2, 0.25) is 0 Å². The van der Waals surface area contributed by atoms with Gasteiger partial charge in [0.15, 0.2) is 0 Å². The van der Waals surface area contributed by atoms with E-state index in [0.29, 0.717) is 18.8 Å². The zero-order chi connectivity index (χ0) is 26.7. The maximum atomic E-state index is 10.7. The van der Waals surface area contributed by atoms with Crippen molar-refractivity contribution in [1.82, 2.24) is 0 Å². The van der Waals surface area contributed by atoms with Gasteiger partial charge in [-0.15, -0.1) is 0 Å². The molecule has 0 amide bonds. The van der Waals surface area contributed by atoms with Crippen LogP contribution in [0.25, 0.3) is 0 Å². The molecule has 0 saturated carbocycles. The van der Waals surface area contributed by atoms with Crippen LogP contribution in [0.4, 0.5) is 0 Å². The number of unbranched alkanes of at least 4 members (excludes halogenated alkanes) is 16. The van der Waals surface area contributed by atoms with Crippen LogP contribution in [0.1, 0.15) is 174 Å². The third-order valence-electron chi connectivity index (χ3n) is 7.44. The van der Waals surface area contributed by atoms with Crippen LogP contribution in [0.15, 0.2) is 11.6 Å². The highest BCUT2D eigenvalue weighted by atomic mass is 16.4. The summed E-state index contributed by atoms with van der Waals surface area (Å²) in [4.78, 5) is 21.4. The number of carbonyl (C=O) groups is 2. The van der Waals surface area contributed by atoms with E-state index in [1.165, 1.54) is 109 Å². The molecular formula is C32H60O4. The molecule has 1 unspecified atom stereocenters. The predicted octanol–water partition coefficient (Wildman–Crippen LogP) is 10.5. The lowest BCUT2D eigenvalue weighted by atomic mass is 9.84. The largest absolute Gasteiger partial charge is 0.481 e. The lowest BCUT2D eigenvalue weighted by Crippen LogP contribution is -2.06. The highest BCUT2D eigenvalue weighted by Crippen LogP contribution is 2.30. The lowest BCUT2D eigenvalue weighted by Gasteiger charge is -2.22. The van der Waals surface area contributed by atoms with Gasteiger partial charge in [-0.25, -0.2) is 0 Å². The Kier molecular flexibility index (Phi) is 25.8. The maximum absolute atomic E-state index is 10.7. The minimum Gasteiger partial charge on any atom is -0.481 e. The van der Waals surface area contributed by atoms with Gasteiger partial charge in [-0.1, -0.05) is 122 Å². The highest BCUT2D eigenvalue weighted by molar-refractivity contribution is 5.66. The van der Waals surface area contributed by atoms with Crippen LogP contribution < -0.4 is 0 Å². The van der Waals surface area contributed by atoms with Crippen LogP contribution in [-0.4, -0.2) is 22.2 Å². The first-order chi connectivity index (χ1) is 17.5. The summed E-state index contributed by atoms with van der Waals surface area (Å²) in [6, 6.07) is 0. The number of aliphatic carboxylic acids is 2. The molecule has 0 saturated heterocycles. The Bertz CT molecular complexity index is 540. The average molecular weight is 509 g/mol. The SMILES string of the molecule is CCCCCCCC/C=C(\CCCCCCCC(=O)O)C(CCCCC)CCCCCCCC(=O)O. The monoisotopic (exact) mass is 508 g/mol. The number of carboxylic acids is 2. The lowest BCUT2D eigenvalue weighted by molar-refractivity contribution is -0.138. The van der Waals surface area contributed by atoms with E-state index in [2.05, 4.69) is 19.9 Å². The van der Waals surface area contributed by atoms with E-state index in [4.69, 9.17) is 10.2 Å². The third kappa shape index (κ3) is 24.4. The molecule has 0 aliphatic carbocycles. The van der Waals surface area contributed by atoms with Crippen molar-refractivity contribution in [1.29, 1.82) is 0 Å². The second-order valence-corrected chi connectivity index (χ2v) is 10.9. The fourth-order valence-electron chi connectivity index (χ4n) is 5.17. The second-order valence-electron chi connectivity index (χ2n) is 10.9. The Morgan fingerprint density at radius 2 is 0.917 bits per heavy atom. The number of allylic oxidation sites excluding steroid dienone is 2. The van der Waals surface area contributed by atoms with E-state index in [9.17, 15) is 9.59 Å². The minimum absolute atomic E-state index is 0.305. The van der Waals surface area contributed by atoms with Crippen LogP contribution in [0.5, 0.6) is 0 Å². The Hall–Kier alpha value is -1.32. The first-order valence-electron chi connectivity index (χ1n) is 15.6. The van der Waals surface area contributed by atoms with Gasteiger partial charge in [0.25, 0.3) is 0 Å². The fraction of sp³-hybridized carbons (Fsp3) is 0.875. The van der Waals surface area contributed by atoms with Crippen molar-refractivity contribution in [2.75, 3.05) is 0 Å². The smallest absolute Gasteiger partial charge is 0.303 e. The summed E-state index contributed by atoms with van der Waals surface area (Å²) in [5.74, 6) is -0.637. The molecule has 1 atom stereocenters. The zero-order valence-electron chi connectivity index (χ0n) is 24.0. The van der Waals surface area contributed by atoms with E-state index in [1.807, 2.05) is 0 Å². The molecule has 2 N–H and O–H groups in total. The summed E-state index contributed by atoms with van der Waals surface area (Å²) in [5.41, 5.74) is 1.70. The number of carboxylic acid groups (broad SMARTS) is 2. The molecule has 0 aromatic heterocycles. The van der Waals surface area contributed by atoms with Gasteiger partial charge in [-0.2, -0.15) is 0 Å². The second kappa shape index (κ2) is 26.7. The zero-order valence-corrected chi connectivity index (χ0v) is 24.0. The van der Waals surface area contributed by atoms with Gasteiger partial charge in [-0.3, -0.25) is 9.59 Å². The predicted molar refractivity (Wildman–Crippen MR) is 154 cm³/mol. The summed E-state index contributed by atoms with van der Waals surface area (Å²) in [7, 11) is 0. The molecule has 212 valence electrons. The maximum Gasteiger partial charge on any atom is 0.303 e. The first kappa shape index (κ1) is 34.7. The fourth-order valence-corrected chi connectivity index (χ4v) is 5.17. The first-order valence-corrected chi connectivity index (χ1v) is 15.6. The average Bonchev–Trinajstić information content (AvgIpc) is 2.84. The molecule has 0 aromatic carbocycles. The summed E-state index contributed by atoms with van der Waals surface area (Å²) in [5, 5.41) is 17.6. The van der Waals surface area contributed by atoms with Crippen molar-refractivity contribution in [3.05, 3.63) is 11.6 Å². The molecule has 0 radical (unpaired) electrons. The molecule has 0 aromatic rings. The van der Waals surface area contributed by atoms with E-state index < -0.39 is 11.9 Å². The van der Waals surface area contributed by atoms with Crippen LogP contribution in [0.3, 0.4) is 0 Å². The number of hydrogen-bond donors (Lipinski definition) is 2. The van der Waals surface area contributed by atoms with Crippen LogP contribution >= 0.6 is 0 Å². The highest BCUT2D eigenvalue weighted by Gasteiger charge is 2.14. The molecule has 4 nitrogen and oxygen atoms in total. The molecule has 0 heterocycles. The molecule has 4 heteroatoms. The van der Waals surface area contributed by atoms with Crippen molar-refractivity contribution >= 4 is 11.9 Å². The van der Waals surface area contributed by atoms with Crippen molar-refractivity contribution in [2.45, 2.75) is 174 Å². The van der Waals surface area contributed by atoms with Crippen molar-refractivity contribution in [2.24, 2.45) is 5.92 Å². The van der Waals surface area contributed by atoms with Gasteiger partial charge in [-0.05, 0) is 57.3 Å². The molecule has 0 aliphatic heterocycles. The number of hydrogen-bond acceptors (Lipinski definition) is 2. The summed E-state index contributed by atoms with van der Waals surface area (Å²) in [6.45, 7) is 4.56. The number of rotatable bonds is 28. The molecule has 0 bridgehead atoms. The van der Waals surface area contributed by atoms with E-state index in [0.717, 1.165) is 38.5 Å². The standard InChI is InChI=1S/C32H60O4/c1-3-5-7-8-9-12-18-25-30(26-20-14-11-16-22-28-32(35)36)29(23-17-6-4-2)24-19-13-10-15-21-27-31(33)34/h25,29H,3-24,26-28H2,1-2H3,(H,33,34)(H,35,36)/b30-25+. The molecular weight excluding hydrogens is 448 g/mol. The van der Waals surface area contributed by atoms with E-state index in [-0.39, 0.29) is 0 Å². The Morgan fingerprint density at radius 3 is 1.44 bits per heavy atom. The Morgan fingerprint density at radius 1 is 0.528 bits per heavy atom. The molecule has 0 aliphatic rings. The van der Waals surface area contributed by atoms with Crippen molar-refractivity contribution < 1.29 is 19.8 Å². The molecule has 0 fully saturated rings. The van der Waals surface area contributed by atoms with Crippen molar-refractivity contribution in [3.63, 3.8) is 0 Å². The van der Waals surface area contributed by atoms with E-state index in [1.54, 1.807) is 5.57 Å². The van der Waals surface area contributed by atoms with Gasteiger partial charge < -0.3 is 10.2 Å². The van der Waals surface area contributed by atoms with Gasteiger partial charge in [0.1, 0.15) is 0 Å². The molecule has 36 heavy (non-hydrogen) atoms. The van der Waals surface area contributed by atoms with E-state index >= 15 is 0 Å². The molecule has 0 spiro atoms. The van der Waals surface area contributed by atoms with Crippen molar-refractivity contribution in [3.8, 4) is 0 Å². The van der Waals surface area contributed by atoms with Crippen LogP contribution in [-0.2, 0) is 9.59 Å². The Balaban J connectivity index is 4.73. The molecule has 0 rings (SSSR count). The third-order valence-corrected chi connectivity index (χ3v) is 7.44. The van der Waals surface area contributed by atoms with Crippen LogP contribution in [0.2, 0.25) is 0 Å². The topological polar surface area (TPSA) is 74.6 Å². The Labute approximate surface area is 223 Å². The minimum atomic E-state index is -0.674. The van der Waals surface area contributed by atoms with Gasteiger partial charge in [0, 0.05) is 12.8 Å².